The zero-order valence-corrected chi connectivity index (χ0v) is 12.7. The Morgan fingerprint density at radius 2 is 1.76 bits per heavy atom. The van der Waals surface area contributed by atoms with Crippen LogP contribution in [-0.2, 0) is 0 Å². The number of nitrogens with one attached hydrogen (secondary N) is 1. The van der Waals surface area contributed by atoms with Gasteiger partial charge in [0.1, 0.15) is 0 Å². The second kappa shape index (κ2) is 11.6. The quantitative estimate of drug-likeness (QED) is 0.589. The van der Waals surface area contributed by atoms with E-state index < -0.39 is 0 Å². The van der Waals surface area contributed by atoms with Crippen LogP contribution in [0.3, 0.4) is 0 Å². The first kappa shape index (κ1) is 18.5. The van der Waals surface area contributed by atoms with Gasteiger partial charge < -0.3 is 5.41 Å². The molecule has 1 heteroatoms. The molecule has 0 saturated heterocycles. The summed E-state index contributed by atoms with van der Waals surface area (Å²) in [5.41, 5.74) is 3.27. The second-order valence-corrected chi connectivity index (χ2v) is 3.96. The first-order chi connectivity index (χ1) is 8.16. The summed E-state index contributed by atoms with van der Waals surface area (Å²) in [4.78, 5) is 0. The molecule has 1 aliphatic rings. The van der Waals surface area contributed by atoms with E-state index in [0.29, 0.717) is 11.6 Å². The largest absolute Gasteiger partial charge is 0.301 e. The Bertz CT molecular complexity index is 248. The van der Waals surface area contributed by atoms with E-state index >= 15 is 0 Å². The van der Waals surface area contributed by atoms with Gasteiger partial charge in [-0.15, -0.1) is 0 Å². The lowest BCUT2D eigenvalue weighted by Gasteiger charge is -2.15. The molecule has 0 amide bonds. The summed E-state index contributed by atoms with van der Waals surface area (Å²) in [5, 5.41) is 7.81. The maximum Gasteiger partial charge on any atom is 0.0568 e. The minimum absolute atomic E-state index is 0.549. The third kappa shape index (κ3) is 6.45. The Labute approximate surface area is 109 Å². The van der Waals surface area contributed by atoms with Crippen LogP contribution in [0, 0.1) is 11.3 Å². The number of hydrogen-bond acceptors (Lipinski definition) is 1. The number of allylic oxidation sites excluding steroid dienone is 3. The van der Waals surface area contributed by atoms with E-state index in [1.165, 1.54) is 30.4 Å². The smallest absolute Gasteiger partial charge is 0.0568 e. The molecule has 0 bridgehead atoms. The van der Waals surface area contributed by atoms with Crippen LogP contribution in [0.2, 0.25) is 0 Å². The third-order valence-corrected chi connectivity index (χ3v) is 2.89. The topological polar surface area (TPSA) is 23.9 Å². The maximum absolute atomic E-state index is 7.81. The fourth-order valence-corrected chi connectivity index (χ4v) is 2.15. The molecule has 0 fully saturated rings. The molecule has 0 heterocycles. The monoisotopic (exact) mass is 237 g/mol. The Kier molecular flexibility index (Phi) is 12.7. The minimum atomic E-state index is 0.549. The number of rotatable bonds is 2. The van der Waals surface area contributed by atoms with Crippen molar-refractivity contribution in [2.45, 2.75) is 67.2 Å². The van der Waals surface area contributed by atoms with Crippen LogP contribution in [-0.4, -0.2) is 5.71 Å². The standard InChI is InChI=1S/C12H19N.2C2H6/c1-4-11(13)12-9(2)7-5-6-8-10(12)3;2*1-2/h4,9,13H,1,5-8H2,2-3H3;2*1-2H3. The Morgan fingerprint density at radius 1 is 1.24 bits per heavy atom. The zero-order chi connectivity index (χ0) is 13.8. The highest BCUT2D eigenvalue weighted by Gasteiger charge is 2.17. The van der Waals surface area contributed by atoms with Crippen LogP contribution < -0.4 is 0 Å². The van der Waals surface area contributed by atoms with E-state index in [1.807, 2.05) is 27.7 Å². The molecule has 1 unspecified atom stereocenters. The predicted molar refractivity (Wildman–Crippen MR) is 81.0 cm³/mol. The molecule has 0 aliphatic heterocycles. The third-order valence-electron chi connectivity index (χ3n) is 2.89. The Balaban J connectivity index is 0. The fourth-order valence-electron chi connectivity index (χ4n) is 2.15. The molecule has 100 valence electrons. The molecule has 0 radical (unpaired) electrons. The lowest BCUT2D eigenvalue weighted by atomic mass is 9.91. The zero-order valence-electron chi connectivity index (χ0n) is 12.7. The van der Waals surface area contributed by atoms with Crippen molar-refractivity contribution in [1.29, 1.82) is 5.41 Å². The van der Waals surface area contributed by atoms with Gasteiger partial charge in [0.15, 0.2) is 0 Å². The molecule has 0 aromatic rings. The lowest BCUT2D eigenvalue weighted by Crippen LogP contribution is -2.08. The molecule has 1 atom stereocenters. The fraction of sp³-hybridized carbons (Fsp3) is 0.688. The van der Waals surface area contributed by atoms with Crippen LogP contribution >= 0.6 is 0 Å². The van der Waals surface area contributed by atoms with E-state index in [-0.39, 0.29) is 0 Å². The molecule has 0 aromatic carbocycles. The van der Waals surface area contributed by atoms with Crippen molar-refractivity contribution >= 4 is 5.71 Å². The van der Waals surface area contributed by atoms with Crippen molar-refractivity contribution in [1.82, 2.24) is 0 Å². The summed E-state index contributed by atoms with van der Waals surface area (Å²) in [7, 11) is 0. The van der Waals surface area contributed by atoms with E-state index in [2.05, 4.69) is 20.4 Å². The van der Waals surface area contributed by atoms with Gasteiger partial charge in [-0.25, -0.2) is 0 Å². The number of hydrogen-bond donors (Lipinski definition) is 1. The summed E-state index contributed by atoms with van der Waals surface area (Å²) in [6, 6.07) is 0. The molecule has 0 aromatic heterocycles. The van der Waals surface area contributed by atoms with Gasteiger partial charge in [-0.1, -0.05) is 53.2 Å². The van der Waals surface area contributed by atoms with Gasteiger partial charge >= 0.3 is 0 Å². The molecular weight excluding hydrogens is 206 g/mol. The summed E-state index contributed by atoms with van der Waals surface area (Å²) in [6.07, 6.45) is 6.63. The second-order valence-electron chi connectivity index (χ2n) is 3.96. The van der Waals surface area contributed by atoms with E-state index in [1.54, 1.807) is 6.08 Å². The molecule has 1 aliphatic carbocycles. The van der Waals surface area contributed by atoms with Crippen molar-refractivity contribution in [3.8, 4) is 0 Å². The van der Waals surface area contributed by atoms with Crippen molar-refractivity contribution in [3.63, 3.8) is 0 Å². The minimum Gasteiger partial charge on any atom is -0.301 e. The maximum atomic E-state index is 7.81. The highest BCUT2D eigenvalue weighted by molar-refractivity contribution is 6.06. The van der Waals surface area contributed by atoms with Gasteiger partial charge in [0.05, 0.1) is 5.71 Å². The van der Waals surface area contributed by atoms with Gasteiger partial charge in [0, 0.05) is 0 Å². The summed E-state index contributed by atoms with van der Waals surface area (Å²) >= 11 is 0. The van der Waals surface area contributed by atoms with Gasteiger partial charge in [-0.05, 0) is 43.8 Å². The van der Waals surface area contributed by atoms with Gasteiger partial charge in [-0.2, -0.15) is 0 Å². The lowest BCUT2D eigenvalue weighted by molar-refractivity contribution is 0.595. The van der Waals surface area contributed by atoms with E-state index in [0.717, 1.165) is 6.42 Å². The first-order valence-corrected chi connectivity index (χ1v) is 7.07. The van der Waals surface area contributed by atoms with Gasteiger partial charge in [0.2, 0.25) is 0 Å². The molecule has 17 heavy (non-hydrogen) atoms. The van der Waals surface area contributed by atoms with Crippen LogP contribution in [0.4, 0.5) is 0 Å². The highest BCUT2D eigenvalue weighted by Crippen LogP contribution is 2.29. The van der Waals surface area contributed by atoms with Crippen molar-refractivity contribution in [2.24, 2.45) is 5.92 Å². The predicted octanol–water partition coefficient (Wildman–Crippen LogP) is 5.77. The molecule has 1 rings (SSSR count). The van der Waals surface area contributed by atoms with Crippen LogP contribution in [0.5, 0.6) is 0 Å². The van der Waals surface area contributed by atoms with Crippen LogP contribution in [0.1, 0.15) is 67.2 Å². The van der Waals surface area contributed by atoms with Crippen molar-refractivity contribution in [2.75, 3.05) is 0 Å². The SMILES string of the molecule is C=CC(=N)C1=C(C)CCCCC1C.CC.CC. The van der Waals surface area contributed by atoms with Crippen molar-refractivity contribution in [3.05, 3.63) is 23.8 Å². The summed E-state index contributed by atoms with van der Waals surface area (Å²) in [5.74, 6) is 0.549. The highest BCUT2D eigenvalue weighted by atomic mass is 14.4. The normalized spacial score (nSPS) is 19.1. The molecule has 0 spiro atoms. The van der Waals surface area contributed by atoms with Crippen LogP contribution in [0.25, 0.3) is 0 Å². The van der Waals surface area contributed by atoms with Gasteiger partial charge in [0.25, 0.3) is 0 Å². The van der Waals surface area contributed by atoms with E-state index in [9.17, 15) is 0 Å². The first-order valence-electron chi connectivity index (χ1n) is 7.07. The molecule has 0 saturated carbocycles. The molecule has 1 N–H and O–H groups in total. The van der Waals surface area contributed by atoms with E-state index in [4.69, 9.17) is 5.41 Å². The summed E-state index contributed by atoms with van der Waals surface area (Å²) in [6.45, 7) is 16.1. The van der Waals surface area contributed by atoms with Crippen molar-refractivity contribution < 1.29 is 0 Å². The summed E-state index contributed by atoms with van der Waals surface area (Å²) < 4.78 is 0. The Morgan fingerprint density at radius 3 is 2.24 bits per heavy atom. The molecule has 1 nitrogen and oxygen atoms in total. The van der Waals surface area contributed by atoms with Crippen LogP contribution in [0.15, 0.2) is 23.8 Å². The Hall–Kier alpha value is -0.850. The average Bonchev–Trinajstić information content (AvgIpc) is 2.55. The van der Waals surface area contributed by atoms with Gasteiger partial charge in [-0.3, -0.25) is 0 Å². The molecular formula is C16H31N. The average molecular weight is 237 g/mol.